The standard InChI is InChI=1S/C13H16O2.C2H6/c1-4-15-13(14)11(3)9-12-7-5-10(2)6-8-12;1-2/h5-9H,4H2,1-3H3;1-2H3/b11-9+;. The molecule has 0 aliphatic heterocycles. The molecule has 2 heteroatoms. The van der Waals surface area contributed by atoms with Crippen molar-refractivity contribution < 1.29 is 9.53 Å². The summed E-state index contributed by atoms with van der Waals surface area (Å²) in [5.41, 5.74) is 2.85. The van der Waals surface area contributed by atoms with Gasteiger partial charge in [-0.15, -0.1) is 0 Å². The van der Waals surface area contributed by atoms with Gasteiger partial charge in [0.25, 0.3) is 0 Å². The molecule has 94 valence electrons. The highest BCUT2D eigenvalue weighted by atomic mass is 16.5. The van der Waals surface area contributed by atoms with Crippen LogP contribution in [0.5, 0.6) is 0 Å². The first-order chi connectivity index (χ1) is 8.13. The summed E-state index contributed by atoms with van der Waals surface area (Å²) in [7, 11) is 0. The molecular weight excluding hydrogens is 212 g/mol. The normalized spacial score (nSPS) is 10.3. The highest BCUT2D eigenvalue weighted by Gasteiger charge is 2.03. The van der Waals surface area contributed by atoms with E-state index in [2.05, 4.69) is 0 Å². The zero-order valence-electron chi connectivity index (χ0n) is 11.4. The molecule has 0 amide bonds. The Morgan fingerprint density at radius 3 is 2.24 bits per heavy atom. The van der Waals surface area contributed by atoms with Gasteiger partial charge in [0.05, 0.1) is 6.61 Å². The number of carbonyl (C=O) groups is 1. The maximum absolute atomic E-state index is 11.3. The summed E-state index contributed by atoms with van der Waals surface area (Å²) in [6.45, 7) is 10.0. The van der Waals surface area contributed by atoms with E-state index in [4.69, 9.17) is 4.74 Å². The molecule has 0 bridgehead atoms. The molecule has 0 N–H and O–H groups in total. The molecule has 1 rings (SSSR count). The molecular formula is C15H22O2. The van der Waals surface area contributed by atoms with Crippen LogP contribution in [-0.2, 0) is 9.53 Å². The quantitative estimate of drug-likeness (QED) is 0.584. The minimum Gasteiger partial charge on any atom is -0.463 e. The van der Waals surface area contributed by atoms with Crippen molar-refractivity contribution in [3.8, 4) is 0 Å². The first-order valence-electron chi connectivity index (χ1n) is 6.05. The van der Waals surface area contributed by atoms with Crippen LogP contribution in [0, 0.1) is 6.92 Å². The molecule has 17 heavy (non-hydrogen) atoms. The number of aryl methyl sites for hydroxylation is 1. The molecule has 0 aromatic heterocycles. The Bertz CT molecular complexity index is 361. The van der Waals surface area contributed by atoms with E-state index in [1.165, 1.54) is 5.56 Å². The van der Waals surface area contributed by atoms with Gasteiger partial charge in [-0.25, -0.2) is 4.79 Å². The van der Waals surface area contributed by atoms with Crippen molar-refractivity contribution >= 4 is 12.0 Å². The zero-order chi connectivity index (χ0) is 13.3. The van der Waals surface area contributed by atoms with Gasteiger partial charge in [-0.1, -0.05) is 43.7 Å². The zero-order valence-corrected chi connectivity index (χ0v) is 11.4. The molecule has 0 atom stereocenters. The molecule has 2 nitrogen and oxygen atoms in total. The lowest BCUT2D eigenvalue weighted by Gasteiger charge is -2.01. The van der Waals surface area contributed by atoms with Gasteiger partial charge in [0.15, 0.2) is 0 Å². The lowest BCUT2D eigenvalue weighted by Crippen LogP contribution is -2.04. The molecule has 0 unspecified atom stereocenters. The van der Waals surface area contributed by atoms with E-state index in [-0.39, 0.29) is 5.97 Å². The third-order valence-corrected chi connectivity index (χ3v) is 2.06. The minimum atomic E-state index is -0.252. The Hall–Kier alpha value is -1.57. The monoisotopic (exact) mass is 234 g/mol. The van der Waals surface area contributed by atoms with Crippen LogP contribution in [0.3, 0.4) is 0 Å². The molecule has 0 fully saturated rings. The predicted molar refractivity (Wildman–Crippen MR) is 72.8 cm³/mol. The van der Waals surface area contributed by atoms with Gasteiger partial charge in [-0.2, -0.15) is 0 Å². The summed E-state index contributed by atoms with van der Waals surface area (Å²) < 4.78 is 4.89. The lowest BCUT2D eigenvalue weighted by molar-refractivity contribution is -0.138. The van der Waals surface area contributed by atoms with E-state index in [1.807, 2.05) is 51.1 Å². The fourth-order valence-corrected chi connectivity index (χ4v) is 1.22. The van der Waals surface area contributed by atoms with Crippen LogP contribution in [0.4, 0.5) is 0 Å². The summed E-state index contributed by atoms with van der Waals surface area (Å²) in [5, 5.41) is 0. The Labute approximate surface area is 104 Å². The molecule has 0 radical (unpaired) electrons. The molecule has 0 saturated heterocycles. The van der Waals surface area contributed by atoms with Gasteiger partial charge in [-0.05, 0) is 32.4 Å². The van der Waals surface area contributed by atoms with E-state index in [0.717, 1.165) is 5.56 Å². The summed E-state index contributed by atoms with van der Waals surface area (Å²) in [6.07, 6.45) is 1.83. The highest BCUT2D eigenvalue weighted by Crippen LogP contribution is 2.09. The number of esters is 1. The molecule has 1 aromatic carbocycles. The van der Waals surface area contributed by atoms with Crippen molar-refractivity contribution in [2.24, 2.45) is 0 Å². The van der Waals surface area contributed by atoms with Crippen LogP contribution in [0.2, 0.25) is 0 Å². The summed E-state index contributed by atoms with van der Waals surface area (Å²) in [4.78, 5) is 11.3. The van der Waals surface area contributed by atoms with Crippen molar-refractivity contribution in [2.45, 2.75) is 34.6 Å². The van der Waals surface area contributed by atoms with Crippen LogP contribution < -0.4 is 0 Å². The molecule has 0 aliphatic carbocycles. The van der Waals surface area contributed by atoms with E-state index in [0.29, 0.717) is 12.2 Å². The summed E-state index contributed by atoms with van der Waals surface area (Å²) in [5.74, 6) is -0.252. The number of benzene rings is 1. The maximum Gasteiger partial charge on any atom is 0.333 e. The second-order valence-electron chi connectivity index (χ2n) is 3.46. The average Bonchev–Trinajstić information content (AvgIpc) is 2.35. The van der Waals surface area contributed by atoms with Crippen molar-refractivity contribution in [3.63, 3.8) is 0 Å². The van der Waals surface area contributed by atoms with E-state index >= 15 is 0 Å². The Morgan fingerprint density at radius 1 is 1.24 bits per heavy atom. The second-order valence-corrected chi connectivity index (χ2v) is 3.46. The van der Waals surface area contributed by atoms with Gasteiger partial charge in [0.1, 0.15) is 0 Å². The van der Waals surface area contributed by atoms with Gasteiger partial charge >= 0.3 is 5.97 Å². The summed E-state index contributed by atoms with van der Waals surface area (Å²) in [6, 6.07) is 8.00. The van der Waals surface area contributed by atoms with Crippen LogP contribution in [0.25, 0.3) is 6.08 Å². The molecule has 0 heterocycles. The second kappa shape index (κ2) is 8.57. The van der Waals surface area contributed by atoms with Gasteiger partial charge in [-0.3, -0.25) is 0 Å². The van der Waals surface area contributed by atoms with E-state index in [1.54, 1.807) is 13.8 Å². The van der Waals surface area contributed by atoms with Crippen LogP contribution in [-0.4, -0.2) is 12.6 Å². The fraction of sp³-hybridized carbons (Fsp3) is 0.400. The molecule has 0 aliphatic rings. The van der Waals surface area contributed by atoms with E-state index < -0.39 is 0 Å². The number of carbonyl (C=O) groups excluding carboxylic acids is 1. The third kappa shape index (κ3) is 5.91. The van der Waals surface area contributed by atoms with Crippen molar-refractivity contribution in [1.29, 1.82) is 0 Å². The molecule has 1 aromatic rings. The highest BCUT2D eigenvalue weighted by molar-refractivity contribution is 5.92. The number of rotatable bonds is 3. The van der Waals surface area contributed by atoms with Crippen molar-refractivity contribution in [3.05, 3.63) is 41.0 Å². The maximum atomic E-state index is 11.3. The van der Waals surface area contributed by atoms with Crippen LogP contribution in [0.1, 0.15) is 38.8 Å². The first-order valence-corrected chi connectivity index (χ1v) is 6.05. The SMILES string of the molecule is CC.CCOC(=O)/C(C)=C/c1ccc(C)cc1. The third-order valence-electron chi connectivity index (χ3n) is 2.06. The largest absolute Gasteiger partial charge is 0.463 e. The average molecular weight is 234 g/mol. The van der Waals surface area contributed by atoms with E-state index in [9.17, 15) is 4.79 Å². The van der Waals surface area contributed by atoms with Gasteiger partial charge in [0.2, 0.25) is 0 Å². The number of ether oxygens (including phenoxy) is 1. The van der Waals surface area contributed by atoms with Crippen LogP contribution in [0.15, 0.2) is 29.8 Å². The minimum absolute atomic E-state index is 0.252. The Balaban J connectivity index is 0.00000121. The Kier molecular flexibility index (Phi) is 7.78. The first kappa shape index (κ1) is 15.4. The van der Waals surface area contributed by atoms with Gasteiger partial charge < -0.3 is 4.74 Å². The van der Waals surface area contributed by atoms with Gasteiger partial charge in [0, 0.05) is 5.57 Å². The van der Waals surface area contributed by atoms with Crippen molar-refractivity contribution in [2.75, 3.05) is 6.61 Å². The topological polar surface area (TPSA) is 26.3 Å². The van der Waals surface area contributed by atoms with Crippen molar-refractivity contribution in [1.82, 2.24) is 0 Å². The molecule has 0 saturated carbocycles. The number of hydrogen-bond acceptors (Lipinski definition) is 2. The predicted octanol–water partition coefficient (Wildman–Crippen LogP) is 3.99. The molecule has 0 spiro atoms. The number of hydrogen-bond donors (Lipinski definition) is 0. The lowest BCUT2D eigenvalue weighted by atomic mass is 10.1. The Morgan fingerprint density at radius 2 is 1.76 bits per heavy atom. The smallest absolute Gasteiger partial charge is 0.333 e. The summed E-state index contributed by atoms with van der Waals surface area (Å²) >= 11 is 0. The van der Waals surface area contributed by atoms with Crippen LogP contribution >= 0.6 is 0 Å². The fourth-order valence-electron chi connectivity index (χ4n) is 1.22.